The lowest BCUT2D eigenvalue weighted by Crippen LogP contribution is -2.28. The molecule has 0 spiro atoms. The maximum absolute atomic E-state index is 13.2. The van der Waals surface area contributed by atoms with Crippen LogP contribution < -0.4 is 9.47 Å². The molecular formula is C25H22N2O5S. The number of aliphatic imine (C=N–C) groups is 1. The van der Waals surface area contributed by atoms with E-state index >= 15 is 0 Å². The van der Waals surface area contributed by atoms with Crippen LogP contribution in [0.5, 0.6) is 11.5 Å². The molecule has 0 aromatic heterocycles. The second-order valence-electron chi connectivity index (χ2n) is 7.18. The van der Waals surface area contributed by atoms with Gasteiger partial charge in [-0.3, -0.25) is 9.69 Å². The number of fused-ring (bicyclic) bond motifs is 1. The van der Waals surface area contributed by atoms with Crippen molar-refractivity contribution >= 4 is 51.3 Å². The van der Waals surface area contributed by atoms with Crippen molar-refractivity contribution in [2.45, 2.75) is 6.92 Å². The Morgan fingerprint density at radius 2 is 1.82 bits per heavy atom. The molecule has 1 amide bonds. The molecule has 3 aromatic carbocycles. The third-order valence-corrected chi connectivity index (χ3v) is 6.28. The lowest BCUT2D eigenvalue weighted by Gasteiger charge is -2.12. The first-order valence-electron chi connectivity index (χ1n) is 10.2. The van der Waals surface area contributed by atoms with E-state index in [2.05, 4.69) is 4.99 Å². The molecule has 168 valence electrons. The van der Waals surface area contributed by atoms with Crippen LogP contribution in [0.25, 0.3) is 16.8 Å². The van der Waals surface area contributed by atoms with Gasteiger partial charge in [0.1, 0.15) is 11.5 Å². The minimum atomic E-state index is -0.999. The smallest absolute Gasteiger partial charge is 0.335 e. The molecule has 4 rings (SSSR count). The van der Waals surface area contributed by atoms with Crippen molar-refractivity contribution in [1.29, 1.82) is 0 Å². The second-order valence-corrected chi connectivity index (χ2v) is 8.18. The number of amides is 1. The predicted octanol–water partition coefficient (Wildman–Crippen LogP) is 5.18. The molecule has 0 bridgehead atoms. The van der Waals surface area contributed by atoms with E-state index < -0.39 is 5.97 Å². The summed E-state index contributed by atoms with van der Waals surface area (Å²) < 4.78 is 11.0. The fraction of sp³-hybridized carbons (Fsp3) is 0.160. The molecule has 1 fully saturated rings. The average Bonchev–Trinajstić information content (AvgIpc) is 3.12. The van der Waals surface area contributed by atoms with Gasteiger partial charge in [0.2, 0.25) is 0 Å². The highest BCUT2D eigenvalue weighted by molar-refractivity contribution is 8.18. The largest absolute Gasteiger partial charge is 0.497 e. The van der Waals surface area contributed by atoms with Crippen LogP contribution in [0.15, 0.2) is 64.5 Å². The zero-order chi connectivity index (χ0) is 23.5. The number of carbonyl (C=O) groups excluding carboxylic acids is 1. The second kappa shape index (κ2) is 9.38. The molecule has 3 aromatic rings. The monoisotopic (exact) mass is 462 g/mol. The number of amidine groups is 1. The molecule has 0 atom stereocenters. The Morgan fingerprint density at radius 1 is 1.09 bits per heavy atom. The maximum atomic E-state index is 13.2. The van der Waals surface area contributed by atoms with Crippen LogP contribution in [-0.2, 0) is 4.79 Å². The van der Waals surface area contributed by atoms with Gasteiger partial charge in [0.15, 0.2) is 5.17 Å². The number of hydrogen-bond acceptors (Lipinski definition) is 6. The molecule has 1 aliphatic rings. The first-order valence-corrected chi connectivity index (χ1v) is 11.0. The van der Waals surface area contributed by atoms with Gasteiger partial charge >= 0.3 is 5.97 Å². The van der Waals surface area contributed by atoms with E-state index in [1.165, 1.54) is 23.9 Å². The SMILES string of the molecule is CCN1C(=O)/C(=C/c2c(OC)ccc3ccc(OC)cc23)SC1=Nc1ccc(C(=O)O)cc1. The number of thioether (sulfide) groups is 1. The number of ether oxygens (including phenoxy) is 2. The van der Waals surface area contributed by atoms with E-state index in [0.717, 1.165) is 16.3 Å². The van der Waals surface area contributed by atoms with Crippen molar-refractivity contribution in [1.82, 2.24) is 4.90 Å². The summed E-state index contributed by atoms with van der Waals surface area (Å²) in [6.45, 7) is 2.34. The van der Waals surface area contributed by atoms with E-state index in [9.17, 15) is 9.59 Å². The number of rotatable bonds is 6. The van der Waals surface area contributed by atoms with Crippen molar-refractivity contribution in [2.75, 3.05) is 20.8 Å². The number of methoxy groups -OCH3 is 2. The van der Waals surface area contributed by atoms with E-state index in [1.807, 2.05) is 43.3 Å². The Hall–Kier alpha value is -3.78. The Labute approximate surface area is 195 Å². The molecule has 0 unspecified atom stereocenters. The topological polar surface area (TPSA) is 88.4 Å². The number of hydrogen-bond donors (Lipinski definition) is 1. The minimum Gasteiger partial charge on any atom is -0.497 e. The van der Waals surface area contributed by atoms with Gasteiger partial charge in [-0.1, -0.05) is 12.1 Å². The average molecular weight is 463 g/mol. The Bertz CT molecular complexity index is 1290. The highest BCUT2D eigenvalue weighted by Crippen LogP contribution is 2.38. The summed E-state index contributed by atoms with van der Waals surface area (Å²) in [6.07, 6.45) is 1.83. The summed E-state index contributed by atoms with van der Waals surface area (Å²) in [5.41, 5.74) is 1.54. The van der Waals surface area contributed by atoms with E-state index in [4.69, 9.17) is 14.6 Å². The standard InChI is InChI=1S/C25H22N2O5S/c1-4-27-23(28)22(33-25(27)26-17-9-5-16(6-10-17)24(29)30)14-20-19-13-18(31-2)11-7-15(19)8-12-21(20)32-3/h5-14H,4H2,1-3H3,(H,29,30)/b22-14-,26-25?. The van der Waals surface area contributed by atoms with Gasteiger partial charge in [0.25, 0.3) is 5.91 Å². The number of likely N-dealkylation sites (N-methyl/N-ethyl adjacent to an activating group) is 1. The van der Waals surface area contributed by atoms with E-state index in [-0.39, 0.29) is 11.5 Å². The quantitative estimate of drug-likeness (QED) is 0.508. The van der Waals surface area contributed by atoms with Gasteiger partial charge in [0, 0.05) is 12.1 Å². The summed E-state index contributed by atoms with van der Waals surface area (Å²) in [7, 11) is 3.21. The van der Waals surface area contributed by atoms with Crippen LogP contribution in [0.1, 0.15) is 22.8 Å². The Kier molecular flexibility index (Phi) is 6.37. The van der Waals surface area contributed by atoms with Crippen molar-refractivity contribution < 1.29 is 24.2 Å². The number of benzene rings is 3. The summed E-state index contributed by atoms with van der Waals surface area (Å²) in [5.74, 6) is 0.212. The van der Waals surface area contributed by atoms with E-state index in [0.29, 0.717) is 33.8 Å². The normalized spacial score (nSPS) is 16.1. The summed E-state index contributed by atoms with van der Waals surface area (Å²) in [4.78, 5) is 30.9. The molecule has 0 saturated carbocycles. The molecule has 1 aliphatic heterocycles. The molecule has 1 heterocycles. The van der Waals surface area contributed by atoms with Gasteiger partial charge < -0.3 is 14.6 Å². The molecule has 33 heavy (non-hydrogen) atoms. The zero-order valence-corrected chi connectivity index (χ0v) is 19.2. The molecule has 0 radical (unpaired) electrons. The van der Waals surface area contributed by atoms with Gasteiger partial charge in [-0.25, -0.2) is 9.79 Å². The summed E-state index contributed by atoms with van der Waals surface area (Å²) in [5, 5.41) is 11.5. The van der Waals surface area contributed by atoms with Crippen LogP contribution in [-0.4, -0.2) is 47.8 Å². The highest BCUT2D eigenvalue weighted by atomic mass is 32.2. The van der Waals surface area contributed by atoms with Gasteiger partial charge in [0.05, 0.1) is 30.4 Å². The van der Waals surface area contributed by atoms with Crippen LogP contribution >= 0.6 is 11.8 Å². The summed E-state index contributed by atoms with van der Waals surface area (Å²) in [6, 6.07) is 15.8. The molecule has 7 nitrogen and oxygen atoms in total. The van der Waals surface area contributed by atoms with E-state index in [1.54, 1.807) is 31.3 Å². The fourth-order valence-electron chi connectivity index (χ4n) is 3.55. The molecule has 0 aliphatic carbocycles. The van der Waals surface area contributed by atoms with Gasteiger partial charge in [-0.2, -0.15) is 0 Å². The summed E-state index contributed by atoms with van der Waals surface area (Å²) >= 11 is 1.27. The fourth-order valence-corrected chi connectivity index (χ4v) is 4.59. The van der Waals surface area contributed by atoms with Crippen molar-refractivity contribution in [3.05, 3.63) is 70.6 Å². The first kappa shape index (κ1) is 22.4. The number of carboxylic acid groups (broad SMARTS) is 1. The molecular weight excluding hydrogens is 440 g/mol. The predicted molar refractivity (Wildman–Crippen MR) is 131 cm³/mol. The van der Waals surface area contributed by atoms with Crippen molar-refractivity contribution in [2.24, 2.45) is 4.99 Å². The first-order chi connectivity index (χ1) is 15.9. The Balaban J connectivity index is 1.77. The maximum Gasteiger partial charge on any atom is 0.335 e. The van der Waals surface area contributed by atoms with Crippen molar-refractivity contribution in [3.63, 3.8) is 0 Å². The van der Waals surface area contributed by atoms with Crippen LogP contribution in [0, 0.1) is 0 Å². The third-order valence-electron chi connectivity index (χ3n) is 5.27. The number of nitrogens with zero attached hydrogens (tertiary/aromatic N) is 2. The van der Waals surface area contributed by atoms with Gasteiger partial charge in [-0.05, 0) is 78.0 Å². The lowest BCUT2D eigenvalue weighted by molar-refractivity contribution is -0.122. The highest BCUT2D eigenvalue weighted by Gasteiger charge is 2.32. The van der Waals surface area contributed by atoms with Crippen LogP contribution in [0.2, 0.25) is 0 Å². The number of aromatic carboxylic acids is 1. The molecule has 1 N–H and O–H groups in total. The zero-order valence-electron chi connectivity index (χ0n) is 18.4. The van der Waals surface area contributed by atoms with Crippen molar-refractivity contribution in [3.8, 4) is 11.5 Å². The number of carboxylic acids is 1. The molecule has 1 saturated heterocycles. The third kappa shape index (κ3) is 4.42. The Morgan fingerprint density at radius 3 is 2.45 bits per heavy atom. The molecule has 8 heteroatoms. The minimum absolute atomic E-state index is 0.148. The number of carbonyl (C=O) groups is 2. The lowest BCUT2D eigenvalue weighted by atomic mass is 10.0. The van der Waals surface area contributed by atoms with Crippen LogP contribution in [0.3, 0.4) is 0 Å². The van der Waals surface area contributed by atoms with Gasteiger partial charge in [-0.15, -0.1) is 0 Å². The van der Waals surface area contributed by atoms with Crippen LogP contribution in [0.4, 0.5) is 5.69 Å².